The van der Waals surface area contributed by atoms with Crippen molar-refractivity contribution in [3.05, 3.63) is 100 Å². The predicted molar refractivity (Wildman–Crippen MR) is 168 cm³/mol. The number of carbonyl (C=O) groups excluding carboxylic acids is 1. The lowest BCUT2D eigenvalue weighted by Gasteiger charge is -2.37. The van der Waals surface area contributed by atoms with E-state index in [-0.39, 0.29) is 34.3 Å². The molecule has 12 heteroatoms. The number of anilines is 2. The minimum Gasteiger partial charge on any atom is -0.453 e. The van der Waals surface area contributed by atoms with Gasteiger partial charge in [-0.05, 0) is 56.3 Å². The van der Waals surface area contributed by atoms with Gasteiger partial charge in [-0.3, -0.25) is 14.5 Å². The van der Waals surface area contributed by atoms with E-state index in [0.717, 1.165) is 23.8 Å². The van der Waals surface area contributed by atoms with Gasteiger partial charge >= 0.3 is 0 Å². The zero-order valence-electron chi connectivity index (χ0n) is 25.4. The lowest BCUT2D eigenvalue weighted by atomic mass is 10.0. The van der Waals surface area contributed by atoms with Crippen molar-refractivity contribution in [1.82, 2.24) is 19.7 Å². The van der Waals surface area contributed by atoms with Crippen LogP contribution in [0.1, 0.15) is 43.6 Å². The number of pyridine rings is 1. The van der Waals surface area contributed by atoms with Gasteiger partial charge in [-0.2, -0.15) is 9.78 Å². The predicted octanol–water partition coefficient (Wildman–Crippen LogP) is 5.02. The van der Waals surface area contributed by atoms with Gasteiger partial charge < -0.3 is 20.5 Å². The number of rotatable bonds is 6. The van der Waals surface area contributed by atoms with E-state index in [0.29, 0.717) is 18.8 Å². The second-order valence-electron chi connectivity index (χ2n) is 10.1. The molecule has 0 unspecified atom stereocenters. The fraction of sp³-hybridized carbons (Fsp3) is 0.273. The summed E-state index contributed by atoms with van der Waals surface area (Å²) in [7, 11) is 0. The Morgan fingerprint density at radius 1 is 1.02 bits per heavy atom. The van der Waals surface area contributed by atoms with Crippen LogP contribution in [0.15, 0.2) is 71.8 Å². The van der Waals surface area contributed by atoms with Crippen LogP contribution in [0.5, 0.6) is 11.5 Å². The Morgan fingerprint density at radius 3 is 2.42 bits per heavy atom. The molecule has 0 radical (unpaired) electrons. The summed E-state index contributed by atoms with van der Waals surface area (Å²) < 4.78 is 40.7. The number of carbonyl (C=O) groups is 1. The number of nitrogens with one attached hydrogen (secondary N) is 1. The van der Waals surface area contributed by atoms with Gasteiger partial charge in [0.1, 0.15) is 28.5 Å². The molecule has 1 aliphatic heterocycles. The van der Waals surface area contributed by atoms with Gasteiger partial charge in [0.05, 0.1) is 24.4 Å². The second-order valence-corrected chi connectivity index (χ2v) is 10.1. The van der Waals surface area contributed by atoms with Crippen LogP contribution in [0.25, 0.3) is 5.69 Å². The normalized spacial score (nSPS) is 13.1. The zero-order chi connectivity index (χ0) is 32.6. The van der Waals surface area contributed by atoms with Gasteiger partial charge in [0.2, 0.25) is 0 Å². The van der Waals surface area contributed by atoms with Gasteiger partial charge in [0, 0.05) is 43.3 Å². The highest BCUT2D eigenvalue weighted by Gasteiger charge is 2.26. The number of ether oxygens (including phenoxy) is 2. The molecule has 4 aromatic rings. The maximum Gasteiger partial charge on any atom is 0.284 e. The van der Waals surface area contributed by atoms with Crippen LogP contribution in [0.2, 0.25) is 0 Å². The average molecular weight is 617 g/mol. The van der Waals surface area contributed by atoms with Crippen molar-refractivity contribution in [1.29, 1.82) is 0 Å². The average Bonchev–Trinajstić information content (AvgIpc) is 3.04. The number of morpholine rings is 1. The van der Waals surface area contributed by atoms with Crippen molar-refractivity contribution >= 4 is 17.4 Å². The highest BCUT2D eigenvalue weighted by atomic mass is 19.1. The molecule has 2 aromatic carbocycles. The molecule has 3 N–H and O–H groups in total. The number of halogens is 2. The molecule has 0 spiro atoms. The van der Waals surface area contributed by atoms with E-state index in [1.165, 1.54) is 60.9 Å². The SMILES string of the molecule is CC.CC(C)(C#Cc1c(Oc2ccc(NC(=O)c3ccnn(-c4ccc(F)cc4)c3=O)cc2F)ccnc1N)N1CCOCC1. The molecule has 234 valence electrons. The third kappa shape index (κ3) is 7.89. The maximum absolute atomic E-state index is 15.2. The van der Waals surface area contributed by atoms with Crippen LogP contribution in [-0.2, 0) is 4.74 Å². The molecule has 1 fully saturated rings. The number of hydrogen-bond donors (Lipinski definition) is 2. The van der Waals surface area contributed by atoms with E-state index in [9.17, 15) is 14.0 Å². The van der Waals surface area contributed by atoms with E-state index >= 15 is 4.39 Å². The minimum atomic E-state index is -0.779. The Bertz CT molecular complexity index is 1770. The first-order valence-corrected chi connectivity index (χ1v) is 14.4. The van der Waals surface area contributed by atoms with Crippen LogP contribution in [0, 0.1) is 23.5 Å². The highest BCUT2D eigenvalue weighted by Crippen LogP contribution is 2.31. The molecular formula is C33H34F2N6O4. The van der Waals surface area contributed by atoms with Crippen molar-refractivity contribution < 1.29 is 23.0 Å². The molecule has 0 atom stereocenters. The third-order valence-corrected chi connectivity index (χ3v) is 6.81. The van der Waals surface area contributed by atoms with Crippen molar-refractivity contribution in [3.63, 3.8) is 0 Å². The highest BCUT2D eigenvalue weighted by molar-refractivity contribution is 6.04. The maximum atomic E-state index is 15.2. The van der Waals surface area contributed by atoms with E-state index in [4.69, 9.17) is 15.2 Å². The molecule has 5 rings (SSSR count). The molecule has 3 heterocycles. The Hall–Kier alpha value is -5.12. The lowest BCUT2D eigenvalue weighted by molar-refractivity contribution is 0.00739. The summed E-state index contributed by atoms with van der Waals surface area (Å²) in [5.41, 5.74) is 5.33. The first-order valence-electron chi connectivity index (χ1n) is 14.4. The summed E-state index contributed by atoms with van der Waals surface area (Å²) in [6.45, 7) is 10.7. The standard InChI is InChI=1S/C31H28F2N6O4.C2H6/c1-31(2,38-15-17-42-18-16-38)12-9-23-26(11-13-35-28(23)34)43-27-8-5-21(19-25(27)33)37-29(40)24-10-14-36-39(30(24)41)22-6-3-20(32)4-7-22;1-2/h3-8,10-11,13-14,19H,15-18H2,1-2H3,(H2,34,35)(H,37,40);1-2H3. The number of hydrogen-bond acceptors (Lipinski definition) is 8. The van der Waals surface area contributed by atoms with E-state index in [2.05, 4.69) is 32.1 Å². The summed E-state index contributed by atoms with van der Waals surface area (Å²) in [4.78, 5) is 32.1. The Kier molecular flexibility index (Phi) is 10.6. The van der Waals surface area contributed by atoms with Gasteiger partial charge in [-0.25, -0.2) is 13.8 Å². The Balaban J connectivity index is 0.00000226. The summed E-state index contributed by atoms with van der Waals surface area (Å²) >= 11 is 0. The zero-order valence-corrected chi connectivity index (χ0v) is 25.4. The van der Waals surface area contributed by atoms with Gasteiger partial charge in [0.25, 0.3) is 11.5 Å². The quantitative estimate of drug-likeness (QED) is 0.290. The number of nitrogens with two attached hydrogens (primary N) is 1. The molecule has 0 saturated carbocycles. The number of benzene rings is 2. The van der Waals surface area contributed by atoms with Crippen molar-refractivity contribution in [2.45, 2.75) is 33.2 Å². The Labute approximate surface area is 259 Å². The number of aromatic nitrogens is 3. The smallest absolute Gasteiger partial charge is 0.284 e. The van der Waals surface area contributed by atoms with E-state index in [1.807, 2.05) is 27.7 Å². The molecule has 1 amide bonds. The lowest BCUT2D eigenvalue weighted by Crippen LogP contribution is -2.49. The first-order chi connectivity index (χ1) is 21.6. The third-order valence-electron chi connectivity index (χ3n) is 6.81. The fourth-order valence-corrected chi connectivity index (χ4v) is 4.42. The van der Waals surface area contributed by atoms with E-state index in [1.54, 1.807) is 0 Å². The van der Waals surface area contributed by atoms with Crippen molar-refractivity contribution in [2.75, 3.05) is 37.4 Å². The largest absolute Gasteiger partial charge is 0.453 e. The number of nitrogens with zero attached hydrogens (tertiary/aromatic N) is 4. The molecule has 45 heavy (non-hydrogen) atoms. The molecular weight excluding hydrogens is 582 g/mol. The van der Waals surface area contributed by atoms with Crippen LogP contribution in [-0.4, -0.2) is 57.4 Å². The minimum absolute atomic E-state index is 0.0842. The topological polar surface area (TPSA) is 125 Å². The fourth-order valence-electron chi connectivity index (χ4n) is 4.42. The number of nitrogen functional groups attached to an aromatic ring is 1. The van der Waals surface area contributed by atoms with Gasteiger partial charge in [0.15, 0.2) is 11.6 Å². The van der Waals surface area contributed by atoms with Crippen LogP contribution in [0.3, 0.4) is 0 Å². The summed E-state index contributed by atoms with van der Waals surface area (Å²) in [6, 6.07) is 11.7. The Morgan fingerprint density at radius 2 is 1.73 bits per heavy atom. The van der Waals surface area contributed by atoms with Crippen LogP contribution < -0.4 is 21.3 Å². The molecule has 1 saturated heterocycles. The van der Waals surface area contributed by atoms with Crippen LogP contribution >= 0.6 is 0 Å². The monoisotopic (exact) mass is 616 g/mol. The summed E-state index contributed by atoms with van der Waals surface area (Å²) in [5, 5.41) is 6.46. The van der Waals surface area contributed by atoms with Crippen molar-refractivity contribution in [2.24, 2.45) is 0 Å². The summed E-state index contributed by atoms with van der Waals surface area (Å²) in [5.74, 6) is 4.46. The summed E-state index contributed by atoms with van der Waals surface area (Å²) in [6.07, 6.45) is 2.70. The number of amides is 1. The molecule has 1 aliphatic rings. The molecule has 0 aliphatic carbocycles. The van der Waals surface area contributed by atoms with Gasteiger partial charge in [-0.1, -0.05) is 25.7 Å². The molecule has 10 nitrogen and oxygen atoms in total. The molecule has 0 bridgehead atoms. The first kappa shape index (κ1) is 32.8. The van der Waals surface area contributed by atoms with Crippen molar-refractivity contribution in [3.8, 4) is 29.0 Å². The second kappa shape index (κ2) is 14.6. The van der Waals surface area contributed by atoms with Gasteiger partial charge in [-0.15, -0.1) is 0 Å². The van der Waals surface area contributed by atoms with E-state index < -0.39 is 28.6 Å². The van der Waals surface area contributed by atoms with Crippen LogP contribution in [0.4, 0.5) is 20.3 Å². The molecule has 2 aromatic heterocycles.